The van der Waals surface area contributed by atoms with Gasteiger partial charge in [-0.15, -0.1) is 0 Å². The van der Waals surface area contributed by atoms with Crippen LogP contribution in [0.1, 0.15) is 17.3 Å². The van der Waals surface area contributed by atoms with Gasteiger partial charge in [-0.3, -0.25) is 4.79 Å². The number of aromatic hydroxyl groups is 1. The van der Waals surface area contributed by atoms with Crippen molar-refractivity contribution in [3.63, 3.8) is 0 Å². The fraction of sp³-hybridized carbons (Fsp3) is 0.222. The Kier molecular flexibility index (Phi) is 3.23. The number of halogens is 2. The normalized spacial score (nSPS) is 12.6. The van der Waals surface area contributed by atoms with Crippen LogP contribution in [0.2, 0.25) is 0 Å². The summed E-state index contributed by atoms with van der Waals surface area (Å²) in [5.74, 6) is -1.43. The lowest BCUT2D eigenvalue weighted by Gasteiger charge is -2.08. The molecule has 0 spiro atoms. The van der Waals surface area contributed by atoms with Gasteiger partial charge in [0.25, 0.3) is 0 Å². The lowest BCUT2D eigenvalue weighted by molar-refractivity contribution is 0.0962. The first kappa shape index (κ1) is 11.1. The van der Waals surface area contributed by atoms with Gasteiger partial charge in [-0.2, -0.15) is 0 Å². The third kappa shape index (κ3) is 1.93. The van der Waals surface area contributed by atoms with E-state index in [4.69, 9.17) is 5.73 Å². The topological polar surface area (TPSA) is 63.3 Å². The summed E-state index contributed by atoms with van der Waals surface area (Å²) in [5, 5.41) is 9.25. The molecule has 0 aromatic heterocycles. The Morgan fingerprint density at radius 3 is 2.71 bits per heavy atom. The number of hydrogen-bond donors (Lipinski definition) is 2. The van der Waals surface area contributed by atoms with Crippen molar-refractivity contribution in [1.29, 1.82) is 0 Å². The van der Waals surface area contributed by atoms with Crippen LogP contribution in [-0.4, -0.2) is 16.9 Å². The molecule has 0 aliphatic rings. The quantitative estimate of drug-likeness (QED) is 0.799. The molecule has 0 saturated heterocycles. The van der Waals surface area contributed by atoms with E-state index in [9.17, 15) is 14.3 Å². The monoisotopic (exact) mass is 261 g/mol. The van der Waals surface area contributed by atoms with Gasteiger partial charge >= 0.3 is 0 Å². The van der Waals surface area contributed by atoms with Crippen LogP contribution in [0.25, 0.3) is 0 Å². The number of benzene rings is 1. The maximum atomic E-state index is 13.2. The van der Waals surface area contributed by atoms with Crippen LogP contribution < -0.4 is 5.73 Å². The molecule has 0 aliphatic heterocycles. The minimum Gasteiger partial charge on any atom is -0.507 e. The Morgan fingerprint density at radius 2 is 2.21 bits per heavy atom. The van der Waals surface area contributed by atoms with E-state index in [1.807, 2.05) is 0 Å². The molecule has 14 heavy (non-hydrogen) atoms. The maximum Gasteiger partial charge on any atom is 0.183 e. The van der Waals surface area contributed by atoms with Gasteiger partial charge in [-0.25, -0.2) is 4.39 Å². The van der Waals surface area contributed by atoms with Crippen LogP contribution in [0.5, 0.6) is 5.75 Å². The van der Waals surface area contributed by atoms with E-state index in [1.165, 1.54) is 6.92 Å². The summed E-state index contributed by atoms with van der Waals surface area (Å²) >= 11 is 2.93. The average Bonchev–Trinajstić information content (AvgIpc) is 2.12. The highest BCUT2D eigenvalue weighted by molar-refractivity contribution is 9.10. The Morgan fingerprint density at radius 1 is 1.64 bits per heavy atom. The van der Waals surface area contributed by atoms with Gasteiger partial charge < -0.3 is 10.8 Å². The van der Waals surface area contributed by atoms with Crippen LogP contribution in [-0.2, 0) is 0 Å². The lowest BCUT2D eigenvalue weighted by atomic mass is 10.1. The van der Waals surface area contributed by atoms with Gasteiger partial charge in [0.15, 0.2) is 5.78 Å². The minimum absolute atomic E-state index is 0.0415. The highest BCUT2D eigenvalue weighted by atomic mass is 79.9. The van der Waals surface area contributed by atoms with E-state index in [2.05, 4.69) is 15.9 Å². The molecule has 0 radical (unpaired) electrons. The van der Waals surface area contributed by atoms with Crippen molar-refractivity contribution in [3.8, 4) is 5.75 Å². The highest BCUT2D eigenvalue weighted by Crippen LogP contribution is 2.30. The Bertz CT molecular complexity index is 379. The highest BCUT2D eigenvalue weighted by Gasteiger charge is 2.20. The molecule has 0 aliphatic carbocycles. The number of carbonyl (C=O) groups is 1. The molecule has 1 unspecified atom stereocenters. The van der Waals surface area contributed by atoms with E-state index in [-0.39, 0.29) is 15.8 Å². The van der Waals surface area contributed by atoms with E-state index >= 15 is 0 Å². The molecule has 0 bridgehead atoms. The Hall–Kier alpha value is -0.940. The molecule has 1 aromatic carbocycles. The van der Waals surface area contributed by atoms with E-state index in [1.54, 1.807) is 0 Å². The Balaban J connectivity index is 3.33. The molecular weight excluding hydrogens is 253 g/mol. The van der Waals surface area contributed by atoms with E-state index < -0.39 is 17.6 Å². The summed E-state index contributed by atoms with van der Waals surface area (Å²) in [4.78, 5) is 11.4. The number of ketones is 1. The average molecular weight is 262 g/mol. The predicted octanol–water partition coefficient (Wildman–Crippen LogP) is 1.82. The first-order valence-electron chi connectivity index (χ1n) is 3.92. The fourth-order valence-electron chi connectivity index (χ4n) is 0.995. The third-order valence-corrected chi connectivity index (χ3v) is 2.53. The van der Waals surface area contributed by atoms with Crippen molar-refractivity contribution >= 4 is 21.7 Å². The number of phenols is 1. The minimum atomic E-state index is -0.803. The number of nitrogens with two attached hydrogens (primary N) is 1. The molecule has 1 rings (SSSR count). The molecule has 3 nitrogen and oxygen atoms in total. The molecule has 0 amide bonds. The lowest BCUT2D eigenvalue weighted by Crippen LogP contribution is -2.27. The predicted molar refractivity (Wildman–Crippen MR) is 53.7 cm³/mol. The number of phenolic OH excluding ortho intramolecular Hbond substituents is 1. The second-order valence-electron chi connectivity index (χ2n) is 2.91. The third-order valence-electron chi connectivity index (χ3n) is 1.73. The van der Waals surface area contributed by atoms with E-state index in [0.29, 0.717) is 0 Å². The van der Waals surface area contributed by atoms with Crippen molar-refractivity contribution in [2.75, 3.05) is 0 Å². The Labute approximate surface area is 88.9 Å². The molecule has 0 heterocycles. The molecule has 1 atom stereocenters. The van der Waals surface area contributed by atoms with Crippen LogP contribution in [0.3, 0.4) is 0 Å². The van der Waals surface area contributed by atoms with Gasteiger partial charge in [0.05, 0.1) is 16.1 Å². The standard InChI is InChI=1S/C9H9BrFNO2/c1-4(12)9(14)7-5(11)2-3-6(13)8(7)10/h2-4,13H,12H2,1H3. The molecule has 0 fully saturated rings. The summed E-state index contributed by atoms with van der Waals surface area (Å²) in [6.45, 7) is 1.46. The number of carbonyl (C=O) groups excluding carboxylic acids is 1. The first-order chi connectivity index (χ1) is 6.45. The molecule has 1 aromatic rings. The number of rotatable bonds is 2. The fourth-order valence-corrected chi connectivity index (χ4v) is 1.51. The summed E-state index contributed by atoms with van der Waals surface area (Å²) in [6, 6.07) is 1.38. The second kappa shape index (κ2) is 4.06. The SMILES string of the molecule is CC(N)C(=O)c1c(F)ccc(O)c1Br. The molecule has 5 heteroatoms. The van der Waals surface area contributed by atoms with Crippen LogP contribution in [0.15, 0.2) is 16.6 Å². The largest absolute Gasteiger partial charge is 0.507 e. The van der Waals surface area contributed by atoms with E-state index in [0.717, 1.165) is 12.1 Å². The van der Waals surface area contributed by atoms with Crippen molar-refractivity contribution in [2.24, 2.45) is 5.73 Å². The zero-order chi connectivity index (χ0) is 10.9. The van der Waals surface area contributed by atoms with Crippen LogP contribution in [0, 0.1) is 5.82 Å². The smallest absolute Gasteiger partial charge is 0.183 e. The molecular formula is C9H9BrFNO2. The molecule has 76 valence electrons. The van der Waals surface area contributed by atoms with Crippen molar-refractivity contribution in [1.82, 2.24) is 0 Å². The molecule has 3 N–H and O–H groups in total. The number of Topliss-reactive ketones (excluding diaryl/α,β-unsaturated/α-hetero) is 1. The summed E-state index contributed by atoms with van der Waals surface area (Å²) in [5.41, 5.74) is 5.13. The van der Waals surface area contributed by atoms with Crippen LogP contribution in [0.4, 0.5) is 4.39 Å². The zero-order valence-corrected chi connectivity index (χ0v) is 9.01. The van der Waals surface area contributed by atoms with Gasteiger partial charge in [-0.1, -0.05) is 0 Å². The van der Waals surface area contributed by atoms with Crippen molar-refractivity contribution in [3.05, 3.63) is 28.0 Å². The van der Waals surface area contributed by atoms with Gasteiger partial charge in [0.1, 0.15) is 11.6 Å². The van der Waals surface area contributed by atoms with Gasteiger partial charge in [-0.05, 0) is 35.0 Å². The number of hydrogen-bond acceptors (Lipinski definition) is 3. The summed E-state index contributed by atoms with van der Waals surface area (Å²) in [6.07, 6.45) is 0. The van der Waals surface area contributed by atoms with Gasteiger partial charge in [0, 0.05) is 0 Å². The zero-order valence-electron chi connectivity index (χ0n) is 7.42. The maximum absolute atomic E-state index is 13.2. The second-order valence-corrected chi connectivity index (χ2v) is 3.70. The first-order valence-corrected chi connectivity index (χ1v) is 4.71. The van der Waals surface area contributed by atoms with Crippen molar-refractivity contribution in [2.45, 2.75) is 13.0 Å². The summed E-state index contributed by atoms with van der Waals surface area (Å²) < 4.78 is 13.3. The summed E-state index contributed by atoms with van der Waals surface area (Å²) in [7, 11) is 0. The van der Waals surface area contributed by atoms with Crippen molar-refractivity contribution < 1.29 is 14.3 Å². The molecule has 0 saturated carbocycles. The van der Waals surface area contributed by atoms with Crippen LogP contribution >= 0.6 is 15.9 Å². The van der Waals surface area contributed by atoms with Gasteiger partial charge in [0.2, 0.25) is 0 Å².